The molecule has 1 N–H and O–H groups in total. The van der Waals surface area contributed by atoms with Crippen molar-refractivity contribution in [2.24, 2.45) is 0 Å². The van der Waals surface area contributed by atoms with Crippen LogP contribution in [0, 0.1) is 5.82 Å². The van der Waals surface area contributed by atoms with Crippen molar-refractivity contribution in [2.75, 3.05) is 31.1 Å². The maximum atomic E-state index is 14.0. The number of thiophene rings is 1. The van der Waals surface area contributed by atoms with E-state index in [0.29, 0.717) is 22.8 Å². The lowest BCUT2D eigenvalue weighted by atomic mass is 10.1. The average molecular weight is 304 g/mol. The first-order valence-electron chi connectivity index (χ1n) is 6.78. The van der Waals surface area contributed by atoms with Crippen LogP contribution in [0.2, 0.25) is 0 Å². The Bertz CT molecular complexity index is 778. The summed E-state index contributed by atoms with van der Waals surface area (Å²) in [5.74, 6) is 0.688. The molecule has 1 aliphatic heterocycles. The number of nitrogens with one attached hydrogen (secondary N) is 1. The zero-order valence-electron chi connectivity index (χ0n) is 11.2. The van der Waals surface area contributed by atoms with E-state index >= 15 is 0 Å². The summed E-state index contributed by atoms with van der Waals surface area (Å²) < 4.78 is 20.2. The minimum Gasteiger partial charge on any atom is -0.336 e. The normalized spacial score (nSPS) is 15.8. The van der Waals surface area contributed by atoms with Crippen LogP contribution in [-0.2, 0) is 0 Å². The lowest BCUT2D eigenvalue weighted by molar-refractivity contribution is 0.427. The maximum Gasteiger partial charge on any atom is 0.266 e. The highest BCUT2D eigenvalue weighted by Gasteiger charge is 2.20. The molecule has 1 aliphatic rings. The van der Waals surface area contributed by atoms with Crippen LogP contribution in [0.3, 0.4) is 0 Å². The van der Waals surface area contributed by atoms with Gasteiger partial charge in [-0.2, -0.15) is 4.98 Å². The molecule has 4 rings (SSSR count). The van der Waals surface area contributed by atoms with Gasteiger partial charge in [0.05, 0.1) is 5.56 Å². The van der Waals surface area contributed by atoms with E-state index in [0.717, 1.165) is 30.9 Å². The lowest BCUT2D eigenvalue weighted by Crippen LogP contribution is -2.44. The molecule has 21 heavy (non-hydrogen) atoms. The Balaban J connectivity index is 1.74. The maximum absolute atomic E-state index is 14.0. The molecule has 0 amide bonds. The number of piperazine rings is 1. The summed E-state index contributed by atoms with van der Waals surface area (Å²) in [5.41, 5.74) is 0.669. The van der Waals surface area contributed by atoms with E-state index in [4.69, 9.17) is 4.52 Å². The van der Waals surface area contributed by atoms with Crippen molar-refractivity contribution in [3.05, 3.63) is 29.4 Å². The number of aromatic nitrogens is 2. The van der Waals surface area contributed by atoms with E-state index in [1.165, 1.54) is 17.4 Å². The molecule has 0 bridgehead atoms. The van der Waals surface area contributed by atoms with Gasteiger partial charge in [0.1, 0.15) is 5.82 Å². The highest BCUT2D eigenvalue weighted by Crippen LogP contribution is 2.35. The van der Waals surface area contributed by atoms with Crippen molar-refractivity contribution >= 4 is 27.4 Å². The minimum absolute atomic E-state index is 0.259. The third-order valence-corrected chi connectivity index (χ3v) is 4.54. The summed E-state index contributed by atoms with van der Waals surface area (Å²) in [6.45, 7) is 3.50. The van der Waals surface area contributed by atoms with Crippen LogP contribution in [0.1, 0.15) is 0 Å². The van der Waals surface area contributed by atoms with Gasteiger partial charge < -0.3 is 14.7 Å². The fraction of sp³-hybridized carbons (Fsp3) is 0.286. The van der Waals surface area contributed by atoms with Gasteiger partial charge in [0.15, 0.2) is 0 Å². The Labute approximate surface area is 124 Å². The van der Waals surface area contributed by atoms with Crippen LogP contribution >= 0.6 is 11.3 Å². The zero-order valence-corrected chi connectivity index (χ0v) is 12.0. The third-order valence-electron chi connectivity index (χ3n) is 3.59. The second-order valence-electron chi connectivity index (χ2n) is 4.90. The second-order valence-corrected chi connectivity index (χ2v) is 5.81. The summed E-state index contributed by atoms with van der Waals surface area (Å²) in [7, 11) is 0. The Hall–Kier alpha value is -1.99. The number of fused-ring (bicyclic) bond motifs is 1. The Morgan fingerprint density at radius 3 is 3.00 bits per heavy atom. The van der Waals surface area contributed by atoms with Gasteiger partial charge >= 0.3 is 0 Å². The van der Waals surface area contributed by atoms with Gasteiger partial charge in [-0.3, -0.25) is 0 Å². The van der Waals surface area contributed by atoms with Crippen molar-refractivity contribution in [2.45, 2.75) is 0 Å². The molecular formula is C14H13FN4OS. The lowest BCUT2D eigenvalue weighted by Gasteiger charge is -2.25. The Kier molecular flexibility index (Phi) is 3.08. The number of benzene rings is 1. The summed E-state index contributed by atoms with van der Waals surface area (Å²) in [6.07, 6.45) is 0. The van der Waals surface area contributed by atoms with Crippen molar-refractivity contribution in [1.29, 1.82) is 0 Å². The van der Waals surface area contributed by atoms with Gasteiger partial charge in [0.25, 0.3) is 11.8 Å². The molecule has 5 nitrogen and oxygen atoms in total. The highest BCUT2D eigenvalue weighted by molar-refractivity contribution is 7.17. The number of nitrogens with zero attached hydrogens (tertiary/aromatic N) is 3. The van der Waals surface area contributed by atoms with E-state index in [1.807, 2.05) is 11.4 Å². The summed E-state index contributed by atoms with van der Waals surface area (Å²) in [4.78, 5) is 6.49. The van der Waals surface area contributed by atoms with Crippen molar-refractivity contribution in [1.82, 2.24) is 15.5 Å². The number of hydrogen-bond acceptors (Lipinski definition) is 6. The van der Waals surface area contributed by atoms with E-state index in [1.54, 1.807) is 6.07 Å². The van der Waals surface area contributed by atoms with Gasteiger partial charge in [-0.1, -0.05) is 6.07 Å². The predicted molar refractivity (Wildman–Crippen MR) is 80.2 cm³/mol. The van der Waals surface area contributed by atoms with Crippen LogP contribution < -0.4 is 10.2 Å². The van der Waals surface area contributed by atoms with Gasteiger partial charge in [-0.25, -0.2) is 4.39 Å². The SMILES string of the molecule is Fc1cccc2scc(-c3nc(N4CCNCC4)no3)c12. The first-order chi connectivity index (χ1) is 10.3. The monoisotopic (exact) mass is 304 g/mol. The number of halogens is 1. The van der Waals surface area contributed by atoms with Crippen LogP contribution in [0.25, 0.3) is 21.5 Å². The van der Waals surface area contributed by atoms with Gasteiger partial charge in [0.2, 0.25) is 0 Å². The van der Waals surface area contributed by atoms with Gasteiger partial charge in [-0.05, 0) is 17.3 Å². The quantitative estimate of drug-likeness (QED) is 0.788. The third kappa shape index (κ3) is 2.18. The van der Waals surface area contributed by atoms with Gasteiger partial charge in [0, 0.05) is 41.6 Å². The van der Waals surface area contributed by atoms with E-state index < -0.39 is 0 Å². The molecule has 1 saturated heterocycles. The van der Waals surface area contributed by atoms with Crippen LogP contribution in [0.15, 0.2) is 28.1 Å². The largest absolute Gasteiger partial charge is 0.336 e. The Morgan fingerprint density at radius 1 is 1.29 bits per heavy atom. The Morgan fingerprint density at radius 2 is 2.14 bits per heavy atom. The van der Waals surface area contributed by atoms with Crippen molar-refractivity contribution in [3.8, 4) is 11.5 Å². The zero-order chi connectivity index (χ0) is 14.2. The standard InChI is InChI=1S/C14H13FN4OS/c15-10-2-1-3-11-12(10)9(8-21-11)13-17-14(18-20-13)19-6-4-16-5-7-19/h1-3,8,16H,4-7H2. The molecule has 1 fully saturated rings. The summed E-state index contributed by atoms with van der Waals surface area (Å²) >= 11 is 1.48. The number of rotatable bonds is 2. The molecule has 1 aromatic carbocycles. The molecule has 108 valence electrons. The molecule has 0 atom stereocenters. The van der Waals surface area contributed by atoms with Crippen molar-refractivity contribution in [3.63, 3.8) is 0 Å². The molecule has 0 unspecified atom stereocenters. The van der Waals surface area contributed by atoms with Crippen molar-refractivity contribution < 1.29 is 8.91 Å². The first kappa shape index (κ1) is 12.7. The molecule has 7 heteroatoms. The average Bonchev–Trinajstić information content (AvgIpc) is 3.15. The van der Waals surface area contributed by atoms with E-state index in [-0.39, 0.29) is 5.82 Å². The molecule has 3 aromatic rings. The molecule has 0 aliphatic carbocycles. The van der Waals surface area contributed by atoms with E-state index in [9.17, 15) is 4.39 Å². The fourth-order valence-corrected chi connectivity index (χ4v) is 3.47. The second kappa shape index (κ2) is 5.09. The summed E-state index contributed by atoms with van der Waals surface area (Å²) in [6, 6.07) is 5.05. The van der Waals surface area contributed by atoms with Crippen LogP contribution in [0.5, 0.6) is 0 Å². The molecular weight excluding hydrogens is 291 g/mol. The van der Waals surface area contributed by atoms with Crippen LogP contribution in [0.4, 0.5) is 10.3 Å². The fourth-order valence-electron chi connectivity index (χ4n) is 2.52. The molecule has 3 heterocycles. The highest BCUT2D eigenvalue weighted by atomic mass is 32.1. The summed E-state index contributed by atoms with van der Waals surface area (Å²) in [5, 5.41) is 9.72. The minimum atomic E-state index is -0.259. The van der Waals surface area contributed by atoms with Crippen LogP contribution in [-0.4, -0.2) is 36.3 Å². The first-order valence-corrected chi connectivity index (χ1v) is 7.66. The smallest absolute Gasteiger partial charge is 0.266 e. The molecule has 2 aromatic heterocycles. The topological polar surface area (TPSA) is 54.2 Å². The van der Waals surface area contributed by atoms with E-state index in [2.05, 4.69) is 20.4 Å². The predicted octanol–water partition coefficient (Wildman–Crippen LogP) is 2.50. The molecule has 0 radical (unpaired) electrons. The molecule has 0 saturated carbocycles. The number of hydrogen-bond donors (Lipinski definition) is 1. The van der Waals surface area contributed by atoms with Gasteiger partial charge in [-0.15, -0.1) is 11.3 Å². The number of anilines is 1. The molecule has 0 spiro atoms.